The van der Waals surface area contributed by atoms with E-state index in [0.29, 0.717) is 23.1 Å². The van der Waals surface area contributed by atoms with E-state index in [1.165, 1.54) is 6.07 Å². The van der Waals surface area contributed by atoms with Crippen LogP contribution in [0.2, 0.25) is 0 Å². The average molecular weight is 243 g/mol. The van der Waals surface area contributed by atoms with Gasteiger partial charge < -0.3 is 0 Å². The van der Waals surface area contributed by atoms with Crippen LogP contribution in [0.4, 0.5) is 5.69 Å². The molecule has 0 saturated heterocycles. The number of nitriles is 2. The van der Waals surface area contributed by atoms with Crippen molar-refractivity contribution in [2.24, 2.45) is 5.92 Å². The van der Waals surface area contributed by atoms with Gasteiger partial charge in [-0.3, -0.25) is 10.1 Å². The number of hydrogen-bond acceptors (Lipinski definition) is 4. The van der Waals surface area contributed by atoms with Gasteiger partial charge in [-0.05, 0) is 24.0 Å². The quantitative estimate of drug-likeness (QED) is 0.600. The van der Waals surface area contributed by atoms with E-state index >= 15 is 0 Å². The molecule has 0 aromatic heterocycles. The molecule has 0 aliphatic rings. The molecule has 0 fully saturated rings. The predicted octanol–water partition coefficient (Wildman–Crippen LogP) is 2.73. The van der Waals surface area contributed by atoms with Crippen LogP contribution in [0.1, 0.15) is 30.5 Å². The standard InChI is InChI=1S/C13H13N3O2/c1-9(2)5-12-11(8-15)6-10(3-4-14)7-13(12)16(17)18/h6-7,9H,3,5H2,1-2H3. The fourth-order valence-corrected chi connectivity index (χ4v) is 1.79. The number of benzene rings is 1. The molecule has 5 heteroatoms. The lowest BCUT2D eigenvalue weighted by Crippen LogP contribution is -2.04. The molecule has 0 amide bonds. The Morgan fingerprint density at radius 1 is 1.39 bits per heavy atom. The van der Waals surface area contributed by atoms with Crippen molar-refractivity contribution >= 4 is 5.69 Å². The molecular weight excluding hydrogens is 230 g/mol. The highest BCUT2D eigenvalue weighted by Crippen LogP contribution is 2.27. The van der Waals surface area contributed by atoms with Crippen LogP contribution in [0.5, 0.6) is 0 Å². The van der Waals surface area contributed by atoms with Crippen LogP contribution < -0.4 is 0 Å². The SMILES string of the molecule is CC(C)Cc1c(C#N)cc(CC#N)cc1[N+](=O)[O-]. The fourth-order valence-electron chi connectivity index (χ4n) is 1.79. The minimum Gasteiger partial charge on any atom is -0.258 e. The van der Waals surface area contributed by atoms with Gasteiger partial charge in [-0.15, -0.1) is 0 Å². The van der Waals surface area contributed by atoms with E-state index in [4.69, 9.17) is 10.5 Å². The molecule has 0 aliphatic carbocycles. The van der Waals surface area contributed by atoms with Crippen LogP contribution in [0.15, 0.2) is 12.1 Å². The van der Waals surface area contributed by atoms with Crippen LogP contribution >= 0.6 is 0 Å². The molecule has 0 aliphatic heterocycles. The average Bonchev–Trinajstić information content (AvgIpc) is 2.29. The van der Waals surface area contributed by atoms with Crippen molar-refractivity contribution in [2.45, 2.75) is 26.7 Å². The van der Waals surface area contributed by atoms with Crippen molar-refractivity contribution in [1.29, 1.82) is 10.5 Å². The van der Waals surface area contributed by atoms with E-state index < -0.39 is 4.92 Å². The van der Waals surface area contributed by atoms with Crippen molar-refractivity contribution in [3.63, 3.8) is 0 Å². The zero-order valence-electron chi connectivity index (χ0n) is 10.3. The van der Waals surface area contributed by atoms with Crippen LogP contribution in [0, 0.1) is 38.7 Å². The van der Waals surface area contributed by atoms with Crippen molar-refractivity contribution < 1.29 is 4.92 Å². The largest absolute Gasteiger partial charge is 0.274 e. The van der Waals surface area contributed by atoms with E-state index in [1.54, 1.807) is 6.07 Å². The Kier molecular flexibility index (Phi) is 4.39. The van der Waals surface area contributed by atoms with Crippen molar-refractivity contribution in [2.75, 3.05) is 0 Å². The number of nitro benzene ring substituents is 1. The Morgan fingerprint density at radius 2 is 2.06 bits per heavy atom. The Labute approximate surface area is 105 Å². The summed E-state index contributed by atoms with van der Waals surface area (Å²) in [5.74, 6) is 0.220. The van der Waals surface area contributed by atoms with Crippen molar-refractivity contribution in [3.05, 3.63) is 38.9 Å². The van der Waals surface area contributed by atoms with E-state index in [0.717, 1.165) is 0 Å². The molecule has 1 rings (SSSR count). The highest BCUT2D eigenvalue weighted by molar-refractivity contribution is 5.54. The summed E-state index contributed by atoms with van der Waals surface area (Å²) in [4.78, 5) is 10.6. The van der Waals surface area contributed by atoms with Crippen molar-refractivity contribution in [3.8, 4) is 12.1 Å². The Hall–Kier alpha value is -2.40. The molecule has 0 unspecified atom stereocenters. The highest BCUT2D eigenvalue weighted by atomic mass is 16.6. The third kappa shape index (κ3) is 3.05. The first-order chi connectivity index (χ1) is 8.49. The van der Waals surface area contributed by atoms with Crippen molar-refractivity contribution in [1.82, 2.24) is 0 Å². The lowest BCUT2D eigenvalue weighted by atomic mass is 9.94. The Balaban J connectivity index is 3.43. The molecule has 0 spiro atoms. The molecular formula is C13H13N3O2. The lowest BCUT2D eigenvalue weighted by molar-refractivity contribution is -0.385. The van der Waals surface area contributed by atoms with Gasteiger partial charge in [0, 0.05) is 11.6 Å². The van der Waals surface area contributed by atoms with Gasteiger partial charge >= 0.3 is 0 Å². The summed E-state index contributed by atoms with van der Waals surface area (Å²) in [5.41, 5.74) is 1.20. The molecule has 0 radical (unpaired) electrons. The zero-order chi connectivity index (χ0) is 13.7. The number of nitro groups is 1. The fraction of sp³-hybridized carbons (Fsp3) is 0.385. The number of rotatable bonds is 4. The van der Waals surface area contributed by atoms with Gasteiger partial charge in [-0.1, -0.05) is 13.8 Å². The second-order valence-electron chi connectivity index (χ2n) is 4.44. The summed E-state index contributed by atoms with van der Waals surface area (Å²) in [6, 6.07) is 6.86. The van der Waals surface area contributed by atoms with Gasteiger partial charge in [0.15, 0.2) is 0 Å². The van der Waals surface area contributed by atoms with E-state index in [-0.39, 0.29) is 18.0 Å². The first-order valence-electron chi connectivity index (χ1n) is 5.56. The van der Waals surface area contributed by atoms with Gasteiger partial charge in [0.2, 0.25) is 0 Å². The third-order valence-electron chi connectivity index (χ3n) is 2.50. The van der Waals surface area contributed by atoms with Gasteiger partial charge in [-0.25, -0.2) is 0 Å². The summed E-state index contributed by atoms with van der Waals surface area (Å²) >= 11 is 0. The highest BCUT2D eigenvalue weighted by Gasteiger charge is 2.20. The van der Waals surface area contributed by atoms with Crippen LogP contribution in [-0.4, -0.2) is 4.92 Å². The number of hydrogen-bond donors (Lipinski definition) is 0. The number of nitrogens with zero attached hydrogens (tertiary/aromatic N) is 3. The second-order valence-corrected chi connectivity index (χ2v) is 4.44. The maximum absolute atomic E-state index is 11.0. The molecule has 1 aromatic carbocycles. The molecule has 0 saturated carbocycles. The Bertz CT molecular complexity index is 551. The first-order valence-corrected chi connectivity index (χ1v) is 5.56. The molecule has 0 atom stereocenters. The molecule has 0 bridgehead atoms. The monoisotopic (exact) mass is 243 g/mol. The van der Waals surface area contributed by atoms with E-state index in [1.807, 2.05) is 26.0 Å². The lowest BCUT2D eigenvalue weighted by Gasteiger charge is -2.09. The summed E-state index contributed by atoms with van der Waals surface area (Å²) < 4.78 is 0. The summed E-state index contributed by atoms with van der Waals surface area (Å²) in [5, 5.41) is 28.7. The summed E-state index contributed by atoms with van der Waals surface area (Å²) in [6.45, 7) is 3.88. The normalized spacial score (nSPS) is 9.83. The van der Waals surface area contributed by atoms with Gasteiger partial charge in [0.1, 0.15) is 0 Å². The van der Waals surface area contributed by atoms with E-state index in [9.17, 15) is 10.1 Å². The van der Waals surface area contributed by atoms with Gasteiger partial charge in [0.25, 0.3) is 5.69 Å². The molecule has 0 heterocycles. The minimum atomic E-state index is -0.487. The predicted molar refractivity (Wildman–Crippen MR) is 65.7 cm³/mol. The van der Waals surface area contributed by atoms with Gasteiger partial charge in [0.05, 0.1) is 29.0 Å². The molecule has 92 valence electrons. The van der Waals surface area contributed by atoms with Gasteiger partial charge in [-0.2, -0.15) is 10.5 Å². The maximum Gasteiger partial charge on any atom is 0.274 e. The molecule has 5 nitrogen and oxygen atoms in total. The molecule has 1 aromatic rings. The summed E-state index contributed by atoms with van der Waals surface area (Å²) in [6.07, 6.45) is 0.545. The first kappa shape index (κ1) is 13.7. The molecule has 18 heavy (non-hydrogen) atoms. The third-order valence-corrected chi connectivity index (χ3v) is 2.50. The smallest absolute Gasteiger partial charge is 0.258 e. The van der Waals surface area contributed by atoms with E-state index in [2.05, 4.69) is 0 Å². The topological polar surface area (TPSA) is 90.7 Å². The summed E-state index contributed by atoms with van der Waals surface area (Å²) in [7, 11) is 0. The van der Waals surface area contributed by atoms with Crippen LogP contribution in [0.3, 0.4) is 0 Å². The molecule has 0 N–H and O–H groups in total. The van der Waals surface area contributed by atoms with Crippen LogP contribution in [0.25, 0.3) is 0 Å². The zero-order valence-corrected chi connectivity index (χ0v) is 10.3. The van der Waals surface area contributed by atoms with Crippen LogP contribution in [-0.2, 0) is 12.8 Å². The minimum absolute atomic E-state index is 0.0620. The maximum atomic E-state index is 11.0. The Morgan fingerprint density at radius 3 is 2.50 bits per heavy atom. The second kappa shape index (κ2) is 5.79.